The minimum Gasteiger partial charge on any atom is -0.475 e. The van der Waals surface area contributed by atoms with Crippen LogP contribution in [0.2, 0.25) is 10.0 Å². The molecule has 2 aromatic carbocycles. The highest BCUT2D eigenvalue weighted by atomic mass is 35.5. The smallest absolute Gasteiger partial charge is 0.475 e. The molecule has 28 heavy (non-hydrogen) atoms. The average Bonchev–Trinajstić information content (AvgIpc) is 2.62. The highest BCUT2D eigenvalue weighted by molar-refractivity contribution is 6.35. The lowest BCUT2D eigenvalue weighted by Gasteiger charge is -2.09. The Bertz CT molecular complexity index is 1030. The van der Waals surface area contributed by atoms with Crippen molar-refractivity contribution < 1.29 is 23.1 Å². The van der Waals surface area contributed by atoms with Gasteiger partial charge in [-0.05, 0) is 35.9 Å². The van der Waals surface area contributed by atoms with Gasteiger partial charge < -0.3 is 16.2 Å². The molecule has 0 saturated carbocycles. The first-order valence-electron chi connectivity index (χ1n) is 7.53. The topological polar surface area (TPSA) is 101 Å². The molecule has 0 atom stereocenters. The standard InChI is InChI=1S/C15H12Cl2N4.C2HF3O2/c1-19-14-10-4-2-8(6-13(10)20-15(18)21-14)11-7-9(16)3-5-12(11)17;3-2(4,5)1(6)7/h2-7H,1H3,(H3,18,19,20,21);(H,6,7). The first kappa shape index (κ1) is 21.5. The highest BCUT2D eigenvalue weighted by Gasteiger charge is 2.38. The van der Waals surface area contributed by atoms with Gasteiger partial charge in [0.25, 0.3) is 0 Å². The van der Waals surface area contributed by atoms with Crippen molar-refractivity contribution in [2.75, 3.05) is 18.1 Å². The molecule has 1 aromatic heterocycles. The molecule has 0 spiro atoms. The van der Waals surface area contributed by atoms with Crippen molar-refractivity contribution in [3.63, 3.8) is 0 Å². The lowest BCUT2D eigenvalue weighted by molar-refractivity contribution is -0.192. The summed E-state index contributed by atoms with van der Waals surface area (Å²) in [5, 5.41) is 12.3. The minimum absolute atomic E-state index is 0.223. The van der Waals surface area contributed by atoms with Crippen LogP contribution in [0.3, 0.4) is 0 Å². The maximum Gasteiger partial charge on any atom is 0.490 e. The molecule has 0 aliphatic rings. The van der Waals surface area contributed by atoms with Crippen molar-refractivity contribution in [1.29, 1.82) is 0 Å². The number of rotatable bonds is 2. The largest absolute Gasteiger partial charge is 0.490 e. The maximum atomic E-state index is 10.6. The number of carbonyl (C=O) groups is 1. The number of hydrogen-bond donors (Lipinski definition) is 3. The van der Waals surface area contributed by atoms with Gasteiger partial charge in [0.15, 0.2) is 0 Å². The molecule has 11 heteroatoms. The van der Waals surface area contributed by atoms with Crippen LogP contribution in [-0.2, 0) is 4.79 Å². The van der Waals surface area contributed by atoms with Crippen molar-refractivity contribution in [2.24, 2.45) is 0 Å². The first-order chi connectivity index (χ1) is 13.0. The lowest BCUT2D eigenvalue weighted by atomic mass is 10.0. The number of nitrogen functional groups attached to an aromatic ring is 1. The second-order valence-electron chi connectivity index (χ2n) is 5.34. The van der Waals surface area contributed by atoms with Gasteiger partial charge >= 0.3 is 12.1 Å². The summed E-state index contributed by atoms with van der Waals surface area (Å²) in [5.41, 5.74) is 8.27. The lowest BCUT2D eigenvalue weighted by Crippen LogP contribution is -2.21. The number of hydrogen-bond acceptors (Lipinski definition) is 5. The number of alkyl halides is 3. The van der Waals surface area contributed by atoms with Gasteiger partial charge in [-0.2, -0.15) is 18.2 Å². The molecule has 3 aromatic rings. The molecule has 6 nitrogen and oxygen atoms in total. The van der Waals surface area contributed by atoms with Gasteiger partial charge in [0, 0.05) is 28.0 Å². The average molecular weight is 433 g/mol. The summed E-state index contributed by atoms with van der Waals surface area (Å²) in [6.07, 6.45) is -5.08. The second kappa shape index (κ2) is 8.49. The number of benzene rings is 2. The maximum absolute atomic E-state index is 10.6. The number of nitrogens with two attached hydrogens (primary N) is 1. The van der Waals surface area contributed by atoms with Crippen molar-refractivity contribution in [2.45, 2.75) is 6.18 Å². The van der Waals surface area contributed by atoms with Crippen LogP contribution in [-0.4, -0.2) is 34.3 Å². The van der Waals surface area contributed by atoms with Crippen LogP contribution in [0.15, 0.2) is 36.4 Å². The van der Waals surface area contributed by atoms with E-state index in [-0.39, 0.29) is 5.95 Å². The summed E-state index contributed by atoms with van der Waals surface area (Å²) in [7, 11) is 1.79. The van der Waals surface area contributed by atoms with Crippen molar-refractivity contribution in [1.82, 2.24) is 9.97 Å². The molecule has 0 bridgehead atoms. The van der Waals surface area contributed by atoms with E-state index in [9.17, 15) is 13.2 Å². The molecule has 0 aliphatic heterocycles. The zero-order valence-electron chi connectivity index (χ0n) is 14.2. The van der Waals surface area contributed by atoms with Gasteiger partial charge in [-0.1, -0.05) is 29.3 Å². The predicted molar refractivity (Wildman–Crippen MR) is 103 cm³/mol. The third kappa shape index (κ3) is 5.14. The van der Waals surface area contributed by atoms with E-state index in [4.69, 9.17) is 38.8 Å². The van der Waals surface area contributed by atoms with Crippen LogP contribution < -0.4 is 11.1 Å². The number of aromatic nitrogens is 2. The predicted octanol–water partition coefficient (Wildman–Crippen LogP) is 4.86. The molecule has 1 heterocycles. The molecule has 0 saturated heterocycles. The minimum atomic E-state index is -5.08. The number of carboxylic acids is 1. The third-order valence-corrected chi connectivity index (χ3v) is 4.00. The normalized spacial score (nSPS) is 10.9. The number of nitrogens with one attached hydrogen (secondary N) is 1. The van der Waals surface area contributed by atoms with E-state index >= 15 is 0 Å². The Morgan fingerprint density at radius 3 is 2.36 bits per heavy atom. The number of nitrogens with zero attached hydrogens (tertiary/aromatic N) is 2. The van der Waals surface area contributed by atoms with E-state index in [0.29, 0.717) is 15.9 Å². The van der Waals surface area contributed by atoms with Crippen molar-refractivity contribution in [3.05, 3.63) is 46.4 Å². The molecular formula is C17H13Cl2F3N4O2. The first-order valence-corrected chi connectivity index (χ1v) is 8.29. The van der Waals surface area contributed by atoms with Gasteiger partial charge in [-0.25, -0.2) is 9.78 Å². The molecule has 3 rings (SSSR count). The Morgan fingerprint density at radius 1 is 1.14 bits per heavy atom. The third-order valence-electron chi connectivity index (χ3n) is 3.43. The Labute approximate surface area is 167 Å². The van der Waals surface area contributed by atoms with Gasteiger partial charge in [0.2, 0.25) is 5.95 Å². The van der Waals surface area contributed by atoms with Crippen LogP contribution in [0.25, 0.3) is 22.0 Å². The van der Waals surface area contributed by atoms with Crippen molar-refractivity contribution >= 4 is 51.8 Å². The molecule has 148 valence electrons. The summed E-state index contributed by atoms with van der Waals surface area (Å²) < 4.78 is 31.7. The molecule has 0 unspecified atom stereocenters. The summed E-state index contributed by atoms with van der Waals surface area (Å²) in [6, 6.07) is 11.2. The van der Waals surface area contributed by atoms with E-state index in [0.717, 1.165) is 22.0 Å². The van der Waals surface area contributed by atoms with Crippen LogP contribution in [0.4, 0.5) is 24.9 Å². The van der Waals surface area contributed by atoms with E-state index in [1.165, 1.54) is 0 Å². The quantitative estimate of drug-likeness (QED) is 0.534. The monoisotopic (exact) mass is 432 g/mol. The van der Waals surface area contributed by atoms with E-state index in [2.05, 4.69) is 15.3 Å². The van der Waals surface area contributed by atoms with Gasteiger partial charge in [0.05, 0.1) is 5.52 Å². The Kier molecular flexibility index (Phi) is 6.52. The van der Waals surface area contributed by atoms with Crippen LogP contribution in [0, 0.1) is 0 Å². The SMILES string of the molecule is CNc1nc(N)nc2cc(-c3cc(Cl)ccc3Cl)ccc12.O=C(O)C(F)(F)F. The zero-order chi connectivity index (χ0) is 21.1. The molecule has 4 N–H and O–H groups in total. The van der Waals surface area contributed by atoms with Crippen LogP contribution >= 0.6 is 23.2 Å². The van der Waals surface area contributed by atoms with Crippen LogP contribution in [0.1, 0.15) is 0 Å². The van der Waals surface area contributed by atoms with Gasteiger partial charge in [-0.15, -0.1) is 0 Å². The van der Waals surface area contributed by atoms with Gasteiger partial charge in [-0.3, -0.25) is 0 Å². The van der Waals surface area contributed by atoms with E-state index in [1.54, 1.807) is 19.2 Å². The highest BCUT2D eigenvalue weighted by Crippen LogP contribution is 2.33. The molecular weight excluding hydrogens is 420 g/mol. The number of fused-ring (bicyclic) bond motifs is 1. The zero-order valence-corrected chi connectivity index (χ0v) is 15.7. The summed E-state index contributed by atoms with van der Waals surface area (Å²) in [5.74, 6) is -1.84. The van der Waals surface area contributed by atoms with E-state index in [1.807, 2.05) is 24.3 Å². The fourth-order valence-corrected chi connectivity index (χ4v) is 2.62. The summed E-state index contributed by atoms with van der Waals surface area (Å²) in [4.78, 5) is 17.3. The van der Waals surface area contributed by atoms with Crippen LogP contribution in [0.5, 0.6) is 0 Å². The fourth-order valence-electron chi connectivity index (χ4n) is 2.22. The Balaban J connectivity index is 0.000000345. The molecule has 0 amide bonds. The molecule has 0 fully saturated rings. The second-order valence-corrected chi connectivity index (χ2v) is 6.18. The summed E-state index contributed by atoms with van der Waals surface area (Å²) >= 11 is 12.3. The molecule has 0 aliphatic carbocycles. The number of aliphatic carboxylic acids is 1. The van der Waals surface area contributed by atoms with Gasteiger partial charge in [0.1, 0.15) is 5.82 Å². The number of halogens is 5. The van der Waals surface area contributed by atoms with E-state index < -0.39 is 12.1 Å². The number of carboxylic acid groups (broad SMARTS) is 1. The Morgan fingerprint density at radius 2 is 1.79 bits per heavy atom. The van der Waals surface area contributed by atoms with Crippen molar-refractivity contribution in [3.8, 4) is 11.1 Å². The fraction of sp³-hybridized carbons (Fsp3) is 0.118. The summed E-state index contributed by atoms with van der Waals surface area (Å²) in [6.45, 7) is 0. The molecule has 0 radical (unpaired) electrons. The Hall–Kier alpha value is -2.78. The number of anilines is 2.